The maximum atomic E-state index is 10.1. The Bertz CT molecular complexity index is 750. The standard InChI is InChI=1S/C14H17N3O/c18-13-6-8-16(11-13)14-7-9-17(15-14)10-12-4-2-1-3-5-12/h1-5,7,9,13,18H,6,8,10-11H2/i6D2,8D2,11D2,13D. The number of aliphatic hydroxyl groups is 1. The first-order chi connectivity index (χ1) is 11.4. The fraction of sp³-hybridized carbons (Fsp3) is 0.357. The summed E-state index contributed by atoms with van der Waals surface area (Å²) in [4.78, 5) is 0.397. The molecule has 2 aromatic rings. The van der Waals surface area contributed by atoms with Gasteiger partial charge in [0.2, 0.25) is 0 Å². The van der Waals surface area contributed by atoms with Crippen molar-refractivity contribution in [2.75, 3.05) is 17.9 Å². The zero-order valence-corrected chi connectivity index (χ0v) is 9.54. The minimum absolute atomic E-state index is 0.196. The number of anilines is 1. The van der Waals surface area contributed by atoms with Crippen LogP contribution in [-0.2, 0) is 6.54 Å². The van der Waals surface area contributed by atoms with Gasteiger partial charge >= 0.3 is 0 Å². The second-order valence-electron chi connectivity index (χ2n) is 3.89. The van der Waals surface area contributed by atoms with Crippen LogP contribution in [0.1, 0.15) is 21.5 Å². The Labute approximate surface area is 116 Å². The van der Waals surface area contributed by atoms with E-state index in [1.54, 1.807) is 0 Å². The lowest BCUT2D eigenvalue weighted by Crippen LogP contribution is -2.21. The van der Waals surface area contributed by atoms with Gasteiger partial charge in [0.15, 0.2) is 5.82 Å². The lowest BCUT2D eigenvalue weighted by molar-refractivity contribution is 0.198. The third-order valence-electron chi connectivity index (χ3n) is 2.55. The highest BCUT2D eigenvalue weighted by Crippen LogP contribution is 2.18. The molecule has 4 heteroatoms. The Morgan fingerprint density at radius 1 is 1.39 bits per heavy atom. The van der Waals surface area contributed by atoms with Crippen molar-refractivity contribution in [3.05, 3.63) is 48.2 Å². The predicted molar refractivity (Wildman–Crippen MR) is 70.6 cm³/mol. The van der Waals surface area contributed by atoms with Gasteiger partial charge in [-0.3, -0.25) is 4.68 Å². The number of nitrogens with zero attached hydrogens (tertiary/aromatic N) is 3. The van der Waals surface area contributed by atoms with E-state index in [0.29, 0.717) is 11.4 Å². The predicted octanol–water partition coefficient (Wildman–Crippen LogP) is 1.50. The number of benzene rings is 1. The second kappa shape index (κ2) is 4.82. The van der Waals surface area contributed by atoms with Crippen LogP contribution in [0.4, 0.5) is 5.82 Å². The summed E-state index contributed by atoms with van der Waals surface area (Å²) >= 11 is 0. The highest BCUT2D eigenvalue weighted by atomic mass is 16.3. The van der Waals surface area contributed by atoms with Crippen molar-refractivity contribution in [1.29, 1.82) is 0 Å². The molecule has 2 heterocycles. The van der Waals surface area contributed by atoms with E-state index in [4.69, 9.17) is 9.60 Å². The van der Waals surface area contributed by atoms with Crippen LogP contribution in [-0.4, -0.2) is 34.0 Å². The smallest absolute Gasteiger partial charge is 0.150 e. The lowest BCUT2D eigenvalue weighted by atomic mass is 10.2. The molecule has 0 amide bonds. The van der Waals surface area contributed by atoms with E-state index in [9.17, 15) is 5.11 Å². The van der Waals surface area contributed by atoms with E-state index < -0.39 is 25.4 Å². The molecule has 0 radical (unpaired) electrons. The molecule has 1 atom stereocenters. The van der Waals surface area contributed by atoms with E-state index in [1.165, 1.54) is 16.9 Å². The molecule has 1 N–H and O–H groups in total. The maximum Gasteiger partial charge on any atom is 0.150 e. The largest absolute Gasteiger partial charge is 0.391 e. The fourth-order valence-corrected chi connectivity index (χ4v) is 1.71. The Kier molecular flexibility index (Phi) is 1.58. The van der Waals surface area contributed by atoms with Gasteiger partial charge in [-0.05, 0) is 11.9 Å². The summed E-state index contributed by atoms with van der Waals surface area (Å²) in [6.07, 6.45) is -4.98. The minimum Gasteiger partial charge on any atom is -0.391 e. The molecule has 0 bridgehead atoms. The quantitative estimate of drug-likeness (QED) is 0.897. The Morgan fingerprint density at radius 3 is 2.94 bits per heavy atom. The molecule has 4 nitrogen and oxygen atoms in total. The number of β-amino-alcohol motifs (C(OH)–C–C–N with tert-alkyl or cyclic N) is 1. The molecule has 1 aliphatic rings. The summed E-state index contributed by atoms with van der Waals surface area (Å²) in [6, 6.07) is 10.6. The van der Waals surface area contributed by atoms with Crippen molar-refractivity contribution in [2.45, 2.75) is 19.0 Å². The number of aromatic nitrogens is 2. The summed E-state index contributed by atoms with van der Waals surface area (Å²) in [6.45, 7) is -5.64. The lowest BCUT2D eigenvalue weighted by Gasteiger charge is -2.13. The molecular weight excluding hydrogens is 226 g/mol. The molecule has 1 aromatic heterocycles. The van der Waals surface area contributed by atoms with Gasteiger partial charge in [0.25, 0.3) is 0 Å². The Balaban J connectivity index is 1.99. The van der Waals surface area contributed by atoms with E-state index >= 15 is 0 Å². The van der Waals surface area contributed by atoms with Crippen molar-refractivity contribution >= 4 is 5.82 Å². The third kappa shape index (κ3) is 2.38. The first-order valence-electron chi connectivity index (χ1n) is 9.03. The van der Waals surface area contributed by atoms with Crippen LogP contribution in [0.15, 0.2) is 42.6 Å². The average molecular weight is 250 g/mol. The van der Waals surface area contributed by atoms with E-state index in [1.807, 2.05) is 30.3 Å². The average Bonchev–Trinajstić information content (AvgIpc) is 2.96. The van der Waals surface area contributed by atoms with Crippen molar-refractivity contribution in [3.63, 3.8) is 0 Å². The van der Waals surface area contributed by atoms with Gasteiger partial charge in [0.1, 0.15) is 0 Å². The topological polar surface area (TPSA) is 41.3 Å². The summed E-state index contributed by atoms with van der Waals surface area (Å²) in [7, 11) is 0. The van der Waals surface area contributed by atoms with Crippen LogP contribution < -0.4 is 4.90 Å². The fourth-order valence-electron chi connectivity index (χ4n) is 1.71. The van der Waals surface area contributed by atoms with Crippen molar-refractivity contribution < 1.29 is 14.7 Å². The molecule has 3 rings (SSSR count). The van der Waals surface area contributed by atoms with Gasteiger partial charge < -0.3 is 10.0 Å². The molecule has 1 aliphatic heterocycles. The van der Waals surface area contributed by atoms with Crippen LogP contribution in [0.25, 0.3) is 0 Å². The summed E-state index contributed by atoms with van der Waals surface area (Å²) in [5, 5.41) is 14.2. The van der Waals surface area contributed by atoms with E-state index in [0.717, 1.165) is 5.56 Å². The Morgan fingerprint density at radius 2 is 2.22 bits per heavy atom. The summed E-state index contributed by atoms with van der Waals surface area (Å²) < 4.78 is 56.5. The van der Waals surface area contributed by atoms with Crippen LogP contribution in [0.5, 0.6) is 0 Å². The zero-order valence-electron chi connectivity index (χ0n) is 16.5. The molecule has 1 fully saturated rings. The van der Waals surface area contributed by atoms with Crippen LogP contribution >= 0.6 is 0 Å². The van der Waals surface area contributed by atoms with Crippen LogP contribution in [0.2, 0.25) is 0 Å². The summed E-state index contributed by atoms with van der Waals surface area (Å²) in [5.74, 6) is -0.196. The van der Waals surface area contributed by atoms with Crippen molar-refractivity contribution in [1.82, 2.24) is 9.78 Å². The summed E-state index contributed by atoms with van der Waals surface area (Å²) in [5.41, 5.74) is 0.928. The highest BCUT2D eigenvalue weighted by molar-refractivity contribution is 5.38. The SMILES string of the molecule is [2H]C1([2H])N(c2ccn(Cc3ccccc3)n2)C([2H])([2H])C([2H])(O)C1([2H])[2H]. The first-order valence-corrected chi connectivity index (χ1v) is 5.53. The molecule has 0 saturated carbocycles. The van der Waals surface area contributed by atoms with Gasteiger partial charge in [0, 0.05) is 30.7 Å². The van der Waals surface area contributed by atoms with Gasteiger partial charge in [-0.1, -0.05) is 30.3 Å². The normalized spacial score (nSPS) is 37.6. The third-order valence-corrected chi connectivity index (χ3v) is 2.55. The van der Waals surface area contributed by atoms with Gasteiger partial charge in [0.05, 0.1) is 16.7 Å². The van der Waals surface area contributed by atoms with Gasteiger partial charge in [-0.15, -0.1) is 0 Å². The van der Waals surface area contributed by atoms with Gasteiger partial charge in [-0.25, -0.2) is 0 Å². The minimum atomic E-state index is -3.31. The van der Waals surface area contributed by atoms with Gasteiger partial charge in [-0.2, -0.15) is 5.10 Å². The first kappa shape index (κ1) is 5.89. The number of hydrogen-bond acceptors (Lipinski definition) is 3. The van der Waals surface area contributed by atoms with E-state index in [-0.39, 0.29) is 5.82 Å². The van der Waals surface area contributed by atoms with Crippen LogP contribution in [0.3, 0.4) is 0 Å². The molecule has 0 spiro atoms. The second-order valence-corrected chi connectivity index (χ2v) is 3.89. The molecule has 94 valence electrons. The molecule has 1 saturated heterocycles. The highest BCUT2D eigenvalue weighted by Gasteiger charge is 2.21. The molecule has 0 aliphatic carbocycles. The number of rotatable bonds is 3. The van der Waals surface area contributed by atoms with Crippen LogP contribution in [0, 0.1) is 0 Å². The monoisotopic (exact) mass is 250 g/mol. The van der Waals surface area contributed by atoms with Crippen molar-refractivity contribution in [3.8, 4) is 0 Å². The molecular formula is C14H17N3O. The van der Waals surface area contributed by atoms with E-state index in [2.05, 4.69) is 5.10 Å². The Hall–Kier alpha value is -1.81. The maximum absolute atomic E-state index is 10.1. The number of hydrogen-bond donors (Lipinski definition) is 1. The molecule has 1 aromatic carbocycles. The molecule has 1 unspecified atom stereocenters. The van der Waals surface area contributed by atoms with Crippen molar-refractivity contribution in [2.24, 2.45) is 0 Å². The molecule has 18 heavy (non-hydrogen) atoms. The zero-order chi connectivity index (χ0) is 18.7.